The molecule has 0 saturated heterocycles. The molecule has 27 heavy (non-hydrogen) atoms. The van der Waals surface area contributed by atoms with Crippen molar-refractivity contribution in [1.29, 1.82) is 0 Å². The fourth-order valence-electron chi connectivity index (χ4n) is 3.44. The molecule has 4 rings (SSSR count). The van der Waals surface area contributed by atoms with Crippen LogP contribution in [0.1, 0.15) is 18.3 Å². The van der Waals surface area contributed by atoms with E-state index in [1.54, 1.807) is 24.3 Å². The van der Waals surface area contributed by atoms with Crippen molar-refractivity contribution in [3.63, 3.8) is 0 Å². The maximum atomic E-state index is 13.0. The van der Waals surface area contributed by atoms with Gasteiger partial charge in [0.25, 0.3) is 5.56 Å². The molecule has 0 amide bonds. The van der Waals surface area contributed by atoms with Crippen molar-refractivity contribution in [2.45, 2.75) is 18.9 Å². The fraction of sp³-hybridized carbons (Fsp3) is 0.167. The summed E-state index contributed by atoms with van der Waals surface area (Å²) in [4.78, 5) is 28.6. The fourth-order valence-corrected chi connectivity index (χ4v) is 4.05. The van der Waals surface area contributed by atoms with Crippen LogP contribution in [-0.4, -0.2) is 29.4 Å². The van der Waals surface area contributed by atoms with Crippen LogP contribution in [0.3, 0.4) is 0 Å². The first kappa shape index (κ1) is 17.4. The molecule has 2 heterocycles. The number of aryl methyl sites for hydroxylation is 1. The first-order chi connectivity index (χ1) is 13.0. The number of carboxylic acid groups (broad SMARTS) is 1. The van der Waals surface area contributed by atoms with Crippen LogP contribution >= 0.6 is 0 Å². The van der Waals surface area contributed by atoms with Crippen LogP contribution in [0.4, 0.5) is 11.4 Å². The van der Waals surface area contributed by atoms with Crippen molar-refractivity contribution in [1.82, 2.24) is 9.55 Å². The van der Waals surface area contributed by atoms with Crippen molar-refractivity contribution >= 4 is 39.4 Å². The number of hydrogen-bond acceptors (Lipinski definition) is 5. The summed E-state index contributed by atoms with van der Waals surface area (Å²) in [6.45, 7) is 0. The monoisotopic (exact) mass is 384 g/mol. The number of nitrogens with zero attached hydrogens (tertiary/aromatic N) is 3. The summed E-state index contributed by atoms with van der Waals surface area (Å²) in [5.74, 6) is -0.805. The molecule has 0 aliphatic carbocycles. The van der Waals surface area contributed by atoms with E-state index in [0.717, 1.165) is 14.3 Å². The predicted octanol–water partition coefficient (Wildman–Crippen LogP) is 1.90. The van der Waals surface area contributed by atoms with Gasteiger partial charge < -0.3 is 9.66 Å². The van der Waals surface area contributed by atoms with E-state index < -0.39 is 28.8 Å². The van der Waals surface area contributed by atoms with Gasteiger partial charge in [0.1, 0.15) is 17.6 Å². The van der Waals surface area contributed by atoms with Crippen LogP contribution in [0, 0.1) is 0 Å². The second kappa shape index (κ2) is 6.60. The Hall–Kier alpha value is -3.04. The van der Waals surface area contributed by atoms with Gasteiger partial charge in [0.15, 0.2) is 0 Å². The molecule has 0 saturated carbocycles. The smallest absolute Gasteiger partial charge is 0.326 e. The SMILES string of the molecule is O=C(O)C1CCc2ncc(N(c3cccc4ccccc34)S(=O)[O-])c(=O)n21. The molecule has 1 aliphatic rings. The second-order valence-electron chi connectivity index (χ2n) is 6.14. The highest BCUT2D eigenvalue weighted by Gasteiger charge is 2.32. The van der Waals surface area contributed by atoms with Crippen LogP contribution in [-0.2, 0) is 22.5 Å². The Morgan fingerprint density at radius 2 is 1.96 bits per heavy atom. The van der Waals surface area contributed by atoms with E-state index >= 15 is 0 Å². The lowest BCUT2D eigenvalue weighted by atomic mass is 10.1. The summed E-state index contributed by atoms with van der Waals surface area (Å²) >= 11 is -2.81. The molecule has 3 aromatic rings. The van der Waals surface area contributed by atoms with Gasteiger partial charge in [0.05, 0.1) is 23.2 Å². The van der Waals surface area contributed by atoms with E-state index in [-0.39, 0.29) is 12.1 Å². The molecule has 0 spiro atoms. The average molecular weight is 384 g/mol. The van der Waals surface area contributed by atoms with Gasteiger partial charge in [-0.15, -0.1) is 0 Å². The number of rotatable bonds is 4. The number of aliphatic carboxylic acids is 1. The van der Waals surface area contributed by atoms with E-state index in [1.165, 1.54) is 6.20 Å². The zero-order valence-corrected chi connectivity index (χ0v) is 14.8. The van der Waals surface area contributed by atoms with E-state index in [1.807, 2.05) is 18.2 Å². The first-order valence-corrected chi connectivity index (χ1v) is 9.22. The third-order valence-electron chi connectivity index (χ3n) is 4.64. The number of fused-ring (bicyclic) bond motifs is 2. The lowest BCUT2D eigenvalue weighted by Gasteiger charge is -2.27. The van der Waals surface area contributed by atoms with Crippen molar-refractivity contribution in [2.24, 2.45) is 0 Å². The summed E-state index contributed by atoms with van der Waals surface area (Å²) in [5, 5.41) is 10.8. The Bertz CT molecular complexity index is 1140. The molecule has 0 bridgehead atoms. The molecule has 1 aromatic heterocycles. The quantitative estimate of drug-likeness (QED) is 0.687. The van der Waals surface area contributed by atoms with Crippen LogP contribution < -0.4 is 9.86 Å². The minimum absolute atomic E-state index is 0.211. The Kier molecular flexibility index (Phi) is 4.25. The van der Waals surface area contributed by atoms with Gasteiger partial charge in [0.2, 0.25) is 0 Å². The number of anilines is 2. The topological polar surface area (TPSA) is 116 Å². The minimum Gasteiger partial charge on any atom is -0.755 e. The number of carbonyl (C=O) groups is 1. The van der Waals surface area contributed by atoms with E-state index in [0.29, 0.717) is 23.3 Å². The van der Waals surface area contributed by atoms with E-state index in [2.05, 4.69) is 4.98 Å². The largest absolute Gasteiger partial charge is 0.755 e. The van der Waals surface area contributed by atoms with Gasteiger partial charge in [-0.3, -0.25) is 17.9 Å². The van der Waals surface area contributed by atoms with Gasteiger partial charge in [-0.1, -0.05) is 36.4 Å². The summed E-state index contributed by atoms with van der Waals surface area (Å²) in [7, 11) is 0. The molecule has 0 radical (unpaired) electrons. The van der Waals surface area contributed by atoms with Crippen LogP contribution in [0.25, 0.3) is 10.8 Å². The molecule has 2 atom stereocenters. The van der Waals surface area contributed by atoms with Crippen molar-refractivity contribution in [3.05, 3.63) is 64.8 Å². The van der Waals surface area contributed by atoms with Crippen LogP contribution in [0.15, 0.2) is 53.5 Å². The second-order valence-corrected chi connectivity index (χ2v) is 6.94. The Labute approximate surface area is 156 Å². The molecule has 8 nitrogen and oxygen atoms in total. The minimum atomic E-state index is -2.81. The van der Waals surface area contributed by atoms with Crippen molar-refractivity contribution < 1.29 is 18.7 Å². The lowest BCUT2D eigenvalue weighted by molar-refractivity contribution is -0.140. The van der Waals surface area contributed by atoms with Gasteiger partial charge >= 0.3 is 5.97 Å². The van der Waals surface area contributed by atoms with Gasteiger partial charge in [-0.05, 0) is 17.9 Å². The predicted molar refractivity (Wildman–Crippen MR) is 98.5 cm³/mol. The summed E-state index contributed by atoms with van der Waals surface area (Å²) < 4.78 is 26.0. The Balaban J connectivity index is 1.95. The first-order valence-electron chi connectivity index (χ1n) is 8.19. The summed E-state index contributed by atoms with van der Waals surface area (Å²) in [6.07, 6.45) is 1.78. The lowest BCUT2D eigenvalue weighted by Crippen LogP contribution is -2.34. The number of benzene rings is 2. The van der Waals surface area contributed by atoms with Crippen LogP contribution in [0.5, 0.6) is 0 Å². The van der Waals surface area contributed by atoms with Crippen LogP contribution in [0.2, 0.25) is 0 Å². The molecule has 0 fully saturated rings. The molecule has 2 aromatic carbocycles. The molecule has 1 aliphatic heterocycles. The standard InChI is InChI=1S/C18H15N3O5S/c22-17-15(10-19-16-9-8-14(18(23)24)20(16)17)21(27(25)26)13-7-3-5-11-4-1-2-6-12(11)13/h1-7,10,14H,8-9H2,(H,23,24)(H,25,26)/p-1. The van der Waals surface area contributed by atoms with E-state index in [9.17, 15) is 23.5 Å². The summed E-state index contributed by atoms with van der Waals surface area (Å²) in [6, 6.07) is 11.2. The molecular formula is C18H14N3O5S-. The van der Waals surface area contributed by atoms with E-state index in [4.69, 9.17) is 0 Å². The number of aromatic nitrogens is 2. The molecule has 138 valence electrons. The number of carboxylic acids is 1. The highest BCUT2D eigenvalue weighted by Crippen LogP contribution is 2.32. The summed E-state index contributed by atoms with van der Waals surface area (Å²) in [5.41, 5.74) is -0.607. The van der Waals surface area contributed by atoms with Crippen molar-refractivity contribution in [2.75, 3.05) is 4.31 Å². The van der Waals surface area contributed by atoms with Crippen molar-refractivity contribution in [3.8, 4) is 0 Å². The molecule has 2 unspecified atom stereocenters. The van der Waals surface area contributed by atoms with Gasteiger partial charge in [-0.25, -0.2) is 9.78 Å². The zero-order chi connectivity index (χ0) is 19.1. The average Bonchev–Trinajstić information content (AvgIpc) is 3.09. The maximum Gasteiger partial charge on any atom is 0.326 e. The molecule has 9 heteroatoms. The number of hydrogen-bond donors (Lipinski definition) is 1. The Morgan fingerprint density at radius 1 is 1.22 bits per heavy atom. The third-order valence-corrected chi connectivity index (χ3v) is 5.33. The highest BCUT2D eigenvalue weighted by molar-refractivity contribution is 7.81. The maximum absolute atomic E-state index is 13.0. The highest BCUT2D eigenvalue weighted by atomic mass is 32.2. The van der Waals surface area contributed by atoms with Gasteiger partial charge in [0, 0.05) is 11.8 Å². The Morgan fingerprint density at radius 3 is 2.70 bits per heavy atom. The third kappa shape index (κ3) is 2.81. The van der Waals surface area contributed by atoms with Gasteiger partial charge in [-0.2, -0.15) is 0 Å². The molecular weight excluding hydrogens is 370 g/mol. The normalized spacial score (nSPS) is 16.9. The zero-order valence-electron chi connectivity index (χ0n) is 13.9. The molecule has 1 N–H and O–H groups in total.